The average molecular weight is 534 g/mol. The van der Waals surface area contributed by atoms with E-state index in [1.807, 2.05) is 50.8 Å². The van der Waals surface area contributed by atoms with Crippen molar-refractivity contribution in [3.63, 3.8) is 0 Å². The lowest BCUT2D eigenvalue weighted by Crippen LogP contribution is -2.43. The molecule has 208 valence electrons. The first-order valence-corrected chi connectivity index (χ1v) is 14.0. The topological polar surface area (TPSA) is 105 Å². The zero-order valence-corrected chi connectivity index (χ0v) is 23.4. The van der Waals surface area contributed by atoms with Gasteiger partial charge in [0.15, 0.2) is 0 Å². The number of nitrogens with zero attached hydrogens (tertiary/aromatic N) is 6. The fraction of sp³-hybridized carbons (Fsp3) is 0.552. The number of rotatable bonds is 5. The highest BCUT2D eigenvalue weighted by Gasteiger charge is 2.30. The molecule has 10 heteroatoms. The van der Waals surface area contributed by atoms with Gasteiger partial charge in [0.05, 0.1) is 17.4 Å². The maximum atomic E-state index is 13.0. The molecule has 39 heavy (non-hydrogen) atoms. The molecule has 0 radical (unpaired) electrons. The maximum absolute atomic E-state index is 13.0. The van der Waals surface area contributed by atoms with E-state index in [1.54, 1.807) is 11.1 Å². The molecule has 0 unspecified atom stereocenters. The number of likely N-dealkylation sites (tertiary alicyclic amines) is 2. The Hall–Kier alpha value is -3.53. The monoisotopic (exact) mass is 533 g/mol. The van der Waals surface area contributed by atoms with E-state index in [0.717, 1.165) is 41.7 Å². The van der Waals surface area contributed by atoms with Gasteiger partial charge in [-0.05, 0) is 71.2 Å². The third kappa shape index (κ3) is 6.55. The van der Waals surface area contributed by atoms with Gasteiger partial charge in [0, 0.05) is 49.7 Å². The highest BCUT2D eigenvalue weighted by Crippen LogP contribution is 2.28. The van der Waals surface area contributed by atoms with Crippen LogP contribution in [0.4, 0.5) is 10.7 Å². The number of anilines is 1. The van der Waals surface area contributed by atoms with Crippen LogP contribution in [0.5, 0.6) is 0 Å². The largest absolute Gasteiger partial charge is 0.444 e. The summed E-state index contributed by atoms with van der Waals surface area (Å²) < 4.78 is 7.42. The van der Waals surface area contributed by atoms with Gasteiger partial charge in [0.25, 0.3) is 0 Å². The smallest absolute Gasteiger partial charge is 0.410 e. The van der Waals surface area contributed by atoms with Crippen LogP contribution in [0.15, 0.2) is 30.6 Å². The number of hydrogen-bond donors (Lipinski definition) is 1. The molecule has 1 aromatic carbocycles. The van der Waals surface area contributed by atoms with Crippen molar-refractivity contribution >= 4 is 28.9 Å². The molecular weight excluding hydrogens is 494 g/mol. The summed E-state index contributed by atoms with van der Waals surface area (Å²) >= 11 is 0. The highest BCUT2D eigenvalue weighted by atomic mass is 16.6. The minimum absolute atomic E-state index is 0.120. The number of fused-ring (bicyclic) bond motifs is 1. The summed E-state index contributed by atoms with van der Waals surface area (Å²) in [6.45, 7) is 9.65. The Morgan fingerprint density at radius 2 is 1.79 bits per heavy atom. The Kier molecular flexibility index (Phi) is 7.83. The van der Waals surface area contributed by atoms with E-state index in [1.165, 1.54) is 25.0 Å². The molecule has 0 saturated carbocycles. The Balaban J connectivity index is 1.26. The SMILES string of the molecule is Cn1ncc(-c2ccc3cnc(NC(=O)C4CCN(C(=O)OC(C)(C)C)CC4)nc3c2)c1CN1CCCCC1. The second-order valence-corrected chi connectivity index (χ2v) is 11.7. The van der Waals surface area contributed by atoms with Gasteiger partial charge >= 0.3 is 6.09 Å². The van der Waals surface area contributed by atoms with Crippen molar-refractivity contribution in [2.75, 3.05) is 31.5 Å². The molecule has 2 amide bonds. The average Bonchev–Trinajstić information content (AvgIpc) is 3.27. The van der Waals surface area contributed by atoms with E-state index in [-0.39, 0.29) is 17.9 Å². The van der Waals surface area contributed by atoms with Gasteiger partial charge in [-0.25, -0.2) is 14.8 Å². The minimum Gasteiger partial charge on any atom is -0.444 e. The molecule has 0 spiro atoms. The number of carbonyl (C=O) groups excluding carboxylic acids is 2. The van der Waals surface area contributed by atoms with Crippen molar-refractivity contribution in [1.82, 2.24) is 29.5 Å². The van der Waals surface area contributed by atoms with Gasteiger partial charge in [0.1, 0.15) is 5.60 Å². The van der Waals surface area contributed by atoms with Gasteiger partial charge < -0.3 is 9.64 Å². The molecule has 2 aromatic heterocycles. The molecule has 2 aliphatic heterocycles. The quantitative estimate of drug-likeness (QED) is 0.511. The van der Waals surface area contributed by atoms with Crippen LogP contribution in [0.25, 0.3) is 22.0 Å². The summed E-state index contributed by atoms with van der Waals surface area (Å²) in [6.07, 6.45) is 8.28. The van der Waals surface area contributed by atoms with Crippen LogP contribution in [-0.2, 0) is 23.1 Å². The van der Waals surface area contributed by atoms with Crippen LogP contribution in [0.2, 0.25) is 0 Å². The number of aryl methyl sites for hydroxylation is 1. The fourth-order valence-corrected chi connectivity index (χ4v) is 5.33. The molecule has 2 saturated heterocycles. The molecule has 10 nitrogen and oxygen atoms in total. The lowest BCUT2D eigenvalue weighted by molar-refractivity contribution is -0.121. The van der Waals surface area contributed by atoms with Gasteiger partial charge in [-0.2, -0.15) is 5.10 Å². The predicted octanol–water partition coefficient (Wildman–Crippen LogP) is 4.60. The first-order chi connectivity index (χ1) is 18.7. The number of aromatic nitrogens is 4. The van der Waals surface area contributed by atoms with Crippen molar-refractivity contribution in [2.24, 2.45) is 13.0 Å². The third-order valence-electron chi connectivity index (χ3n) is 7.53. The van der Waals surface area contributed by atoms with Gasteiger partial charge in [0.2, 0.25) is 11.9 Å². The van der Waals surface area contributed by atoms with Crippen molar-refractivity contribution in [3.8, 4) is 11.1 Å². The van der Waals surface area contributed by atoms with Crippen LogP contribution < -0.4 is 5.32 Å². The first kappa shape index (κ1) is 27.1. The molecular formula is C29H39N7O3. The number of ether oxygens (including phenoxy) is 1. The summed E-state index contributed by atoms with van der Waals surface area (Å²) in [4.78, 5) is 38.5. The van der Waals surface area contributed by atoms with Crippen LogP contribution in [0.1, 0.15) is 58.6 Å². The third-order valence-corrected chi connectivity index (χ3v) is 7.53. The lowest BCUT2D eigenvalue weighted by Gasteiger charge is -2.32. The second kappa shape index (κ2) is 11.3. The minimum atomic E-state index is -0.537. The number of benzene rings is 1. The Morgan fingerprint density at radius 1 is 1.05 bits per heavy atom. The molecule has 1 N–H and O–H groups in total. The van der Waals surface area contributed by atoms with Crippen LogP contribution >= 0.6 is 0 Å². The summed E-state index contributed by atoms with van der Waals surface area (Å²) in [5.74, 6) is -0.0357. The summed E-state index contributed by atoms with van der Waals surface area (Å²) in [7, 11) is 2.00. The van der Waals surface area contributed by atoms with E-state index < -0.39 is 5.60 Å². The molecule has 2 fully saturated rings. The molecule has 0 aliphatic carbocycles. The number of piperidine rings is 2. The van der Waals surface area contributed by atoms with Crippen molar-refractivity contribution in [1.29, 1.82) is 0 Å². The van der Waals surface area contributed by atoms with Gasteiger partial charge in [-0.1, -0.05) is 18.6 Å². The van der Waals surface area contributed by atoms with Gasteiger partial charge in [-0.15, -0.1) is 0 Å². The summed E-state index contributed by atoms with van der Waals surface area (Å²) in [5.41, 5.74) is 3.57. The zero-order valence-electron chi connectivity index (χ0n) is 23.4. The molecule has 4 heterocycles. The van der Waals surface area contributed by atoms with E-state index in [0.29, 0.717) is 31.9 Å². The van der Waals surface area contributed by atoms with E-state index in [9.17, 15) is 9.59 Å². The molecule has 3 aromatic rings. The zero-order chi connectivity index (χ0) is 27.6. The lowest BCUT2D eigenvalue weighted by atomic mass is 9.96. The van der Waals surface area contributed by atoms with E-state index in [4.69, 9.17) is 4.74 Å². The Bertz CT molecular complexity index is 1330. The van der Waals surface area contributed by atoms with Crippen molar-refractivity contribution < 1.29 is 14.3 Å². The molecule has 0 atom stereocenters. The van der Waals surface area contributed by atoms with E-state index in [2.05, 4.69) is 31.3 Å². The molecule has 5 rings (SSSR count). The summed E-state index contributed by atoms with van der Waals surface area (Å²) in [6, 6.07) is 6.14. The standard InChI is InChI=1S/C29H39N7O3/c1-29(2,3)39-28(38)36-14-10-20(11-15-36)26(37)33-27-30-17-22-9-8-21(16-24(22)32-27)23-18-31-34(4)25(23)19-35-12-6-5-7-13-35/h8-9,16-18,20H,5-7,10-15,19H2,1-4H3,(H,30,32,33,37). The normalized spacial score (nSPS) is 17.4. The predicted molar refractivity (Wildman–Crippen MR) is 150 cm³/mol. The van der Waals surface area contributed by atoms with Gasteiger partial charge in [-0.3, -0.25) is 19.7 Å². The van der Waals surface area contributed by atoms with Crippen molar-refractivity contribution in [3.05, 3.63) is 36.3 Å². The van der Waals surface area contributed by atoms with Crippen LogP contribution in [0, 0.1) is 5.92 Å². The number of hydrogen-bond acceptors (Lipinski definition) is 7. The van der Waals surface area contributed by atoms with Crippen LogP contribution in [-0.4, -0.2) is 73.3 Å². The van der Waals surface area contributed by atoms with Crippen LogP contribution in [0.3, 0.4) is 0 Å². The second-order valence-electron chi connectivity index (χ2n) is 11.7. The Morgan fingerprint density at radius 3 is 2.51 bits per heavy atom. The Labute approximate surface area is 229 Å². The summed E-state index contributed by atoms with van der Waals surface area (Å²) in [5, 5.41) is 8.35. The molecule has 0 bridgehead atoms. The molecule has 2 aliphatic rings. The highest BCUT2D eigenvalue weighted by molar-refractivity contribution is 5.92. The maximum Gasteiger partial charge on any atom is 0.410 e. The fourth-order valence-electron chi connectivity index (χ4n) is 5.33. The first-order valence-electron chi connectivity index (χ1n) is 14.0. The van der Waals surface area contributed by atoms with E-state index >= 15 is 0 Å². The number of amides is 2. The van der Waals surface area contributed by atoms with Crippen molar-refractivity contribution in [2.45, 2.75) is 65.0 Å². The number of nitrogens with one attached hydrogen (secondary N) is 1. The number of carbonyl (C=O) groups is 2.